The Kier molecular flexibility index (Phi) is 4.33. The van der Waals surface area contributed by atoms with Crippen molar-refractivity contribution in [3.63, 3.8) is 0 Å². The number of carbonyl (C=O) groups is 1. The van der Waals surface area contributed by atoms with Gasteiger partial charge in [0.1, 0.15) is 12.0 Å². The van der Waals surface area contributed by atoms with E-state index < -0.39 is 4.92 Å². The average molecular weight is 284 g/mol. The van der Waals surface area contributed by atoms with Crippen LogP contribution in [0.3, 0.4) is 0 Å². The lowest BCUT2D eigenvalue weighted by Gasteiger charge is -2.19. The van der Waals surface area contributed by atoms with Gasteiger partial charge < -0.3 is 4.90 Å². The van der Waals surface area contributed by atoms with Gasteiger partial charge in [0.25, 0.3) is 5.69 Å². The van der Waals surface area contributed by atoms with Gasteiger partial charge in [-0.2, -0.15) is 0 Å². The smallest absolute Gasteiger partial charge is 0.293 e. The summed E-state index contributed by atoms with van der Waals surface area (Å²) in [6.07, 6.45) is 1.55. The van der Waals surface area contributed by atoms with Crippen molar-refractivity contribution in [3.05, 3.63) is 63.7 Å². The number of anilines is 2. The second-order valence-electron chi connectivity index (χ2n) is 4.70. The molecule has 0 aliphatic carbocycles. The summed E-state index contributed by atoms with van der Waals surface area (Å²) in [6.45, 7) is 2.07. The van der Waals surface area contributed by atoms with Gasteiger partial charge in [-0.1, -0.05) is 19.1 Å². The van der Waals surface area contributed by atoms with Crippen molar-refractivity contribution in [2.75, 3.05) is 11.9 Å². The molecule has 2 aromatic carbocycles. The van der Waals surface area contributed by atoms with E-state index >= 15 is 0 Å². The van der Waals surface area contributed by atoms with Crippen LogP contribution in [-0.4, -0.2) is 18.3 Å². The third-order valence-corrected chi connectivity index (χ3v) is 3.43. The molecule has 0 amide bonds. The summed E-state index contributed by atoms with van der Waals surface area (Å²) in [7, 11) is 1.77. The van der Waals surface area contributed by atoms with Crippen LogP contribution < -0.4 is 4.90 Å². The number of nitrogens with zero attached hydrogens (tertiary/aromatic N) is 2. The van der Waals surface area contributed by atoms with Gasteiger partial charge in [-0.3, -0.25) is 14.9 Å². The molecule has 0 radical (unpaired) electrons. The minimum Gasteiger partial charge on any atom is -0.339 e. The van der Waals surface area contributed by atoms with Crippen molar-refractivity contribution in [3.8, 4) is 0 Å². The lowest BCUT2D eigenvalue weighted by molar-refractivity contribution is -0.384. The topological polar surface area (TPSA) is 63.5 Å². The first-order valence-corrected chi connectivity index (χ1v) is 6.63. The van der Waals surface area contributed by atoms with E-state index in [-0.39, 0.29) is 5.69 Å². The SMILES string of the molecule is CCc1ccc(N(C)c2ccc(C=O)cc2[N+](=O)[O-])cc1. The molecule has 0 saturated heterocycles. The van der Waals surface area contributed by atoms with Crippen LogP contribution in [0, 0.1) is 10.1 Å². The third kappa shape index (κ3) is 3.08. The second-order valence-corrected chi connectivity index (χ2v) is 4.70. The quantitative estimate of drug-likeness (QED) is 0.476. The molecular weight excluding hydrogens is 268 g/mol. The van der Waals surface area contributed by atoms with Crippen LogP contribution in [0.5, 0.6) is 0 Å². The highest BCUT2D eigenvalue weighted by Crippen LogP contribution is 2.33. The predicted molar refractivity (Wildman–Crippen MR) is 82.4 cm³/mol. The lowest BCUT2D eigenvalue weighted by Crippen LogP contribution is -2.11. The van der Waals surface area contributed by atoms with Gasteiger partial charge in [0, 0.05) is 24.4 Å². The highest BCUT2D eigenvalue weighted by atomic mass is 16.6. The fourth-order valence-electron chi connectivity index (χ4n) is 2.14. The van der Waals surface area contributed by atoms with Crippen LogP contribution in [0.4, 0.5) is 17.1 Å². The molecule has 0 fully saturated rings. The summed E-state index contributed by atoms with van der Waals surface area (Å²) < 4.78 is 0. The fourth-order valence-corrected chi connectivity index (χ4v) is 2.14. The number of nitro groups is 1. The van der Waals surface area contributed by atoms with Crippen LogP contribution in [0.1, 0.15) is 22.8 Å². The van der Waals surface area contributed by atoms with E-state index in [9.17, 15) is 14.9 Å². The van der Waals surface area contributed by atoms with Gasteiger partial charge in [0.05, 0.1) is 4.92 Å². The van der Waals surface area contributed by atoms with Crippen LogP contribution in [0.2, 0.25) is 0 Å². The molecule has 0 heterocycles. The van der Waals surface area contributed by atoms with E-state index in [4.69, 9.17) is 0 Å². The minimum atomic E-state index is -0.473. The summed E-state index contributed by atoms with van der Waals surface area (Å²) in [4.78, 5) is 23.2. The number of nitro benzene ring substituents is 1. The first kappa shape index (κ1) is 14.7. The number of hydrogen-bond acceptors (Lipinski definition) is 4. The lowest BCUT2D eigenvalue weighted by atomic mass is 10.1. The molecule has 0 aliphatic heterocycles. The molecule has 0 aromatic heterocycles. The van der Waals surface area contributed by atoms with Crippen molar-refractivity contribution in [1.82, 2.24) is 0 Å². The van der Waals surface area contributed by atoms with Gasteiger partial charge in [-0.05, 0) is 36.2 Å². The minimum absolute atomic E-state index is 0.0818. The molecule has 5 nitrogen and oxygen atoms in total. The molecule has 0 spiro atoms. The summed E-state index contributed by atoms with van der Waals surface area (Å²) in [5.41, 5.74) is 2.73. The Bertz CT molecular complexity index is 666. The first-order valence-electron chi connectivity index (χ1n) is 6.63. The molecule has 108 valence electrons. The summed E-state index contributed by atoms with van der Waals surface area (Å²) >= 11 is 0. The van der Waals surface area contributed by atoms with Gasteiger partial charge >= 0.3 is 0 Å². The normalized spacial score (nSPS) is 10.2. The van der Waals surface area contributed by atoms with E-state index in [0.717, 1.165) is 12.1 Å². The maximum absolute atomic E-state index is 11.2. The molecule has 5 heteroatoms. The third-order valence-electron chi connectivity index (χ3n) is 3.43. The van der Waals surface area contributed by atoms with E-state index in [0.29, 0.717) is 17.5 Å². The van der Waals surface area contributed by atoms with Crippen molar-refractivity contribution < 1.29 is 9.72 Å². The van der Waals surface area contributed by atoms with Gasteiger partial charge in [0.2, 0.25) is 0 Å². The van der Waals surface area contributed by atoms with Crippen molar-refractivity contribution in [1.29, 1.82) is 0 Å². The van der Waals surface area contributed by atoms with Gasteiger partial charge in [-0.25, -0.2) is 0 Å². The zero-order valence-corrected chi connectivity index (χ0v) is 11.9. The van der Waals surface area contributed by atoms with Crippen molar-refractivity contribution in [2.45, 2.75) is 13.3 Å². The molecular formula is C16H16N2O3. The number of aryl methyl sites for hydroxylation is 1. The molecule has 2 rings (SSSR count). The number of hydrogen-bond donors (Lipinski definition) is 0. The van der Waals surface area contributed by atoms with Gasteiger partial charge in [0.15, 0.2) is 0 Å². The Morgan fingerprint density at radius 2 is 1.86 bits per heavy atom. The van der Waals surface area contributed by atoms with E-state index in [2.05, 4.69) is 6.92 Å². The Labute approximate surface area is 123 Å². The molecule has 0 bridgehead atoms. The summed E-state index contributed by atoms with van der Waals surface area (Å²) in [6, 6.07) is 12.3. The fraction of sp³-hybridized carbons (Fsp3) is 0.188. The molecule has 0 unspecified atom stereocenters. The number of carbonyl (C=O) groups excluding carboxylic acids is 1. The highest BCUT2D eigenvalue weighted by Gasteiger charge is 2.18. The molecule has 2 aromatic rings. The Hall–Kier alpha value is -2.69. The standard InChI is InChI=1S/C16H16N2O3/c1-3-12-4-7-14(8-5-12)17(2)15-9-6-13(11-19)10-16(15)18(20)21/h4-11H,3H2,1-2H3. The Balaban J connectivity index is 2.43. The van der Waals surface area contributed by atoms with Crippen LogP contribution in [0.15, 0.2) is 42.5 Å². The van der Waals surface area contributed by atoms with Gasteiger partial charge in [-0.15, -0.1) is 0 Å². The number of aldehydes is 1. The Morgan fingerprint density at radius 1 is 1.19 bits per heavy atom. The Morgan fingerprint density at radius 3 is 2.38 bits per heavy atom. The molecule has 21 heavy (non-hydrogen) atoms. The van der Waals surface area contributed by atoms with Crippen molar-refractivity contribution >= 4 is 23.3 Å². The zero-order valence-electron chi connectivity index (χ0n) is 11.9. The van der Waals surface area contributed by atoms with Crippen molar-refractivity contribution in [2.24, 2.45) is 0 Å². The second kappa shape index (κ2) is 6.17. The molecule has 0 atom stereocenters. The predicted octanol–water partition coefficient (Wildman–Crippen LogP) is 3.74. The van der Waals surface area contributed by atoms with E-state index in [1.165, 1.54) is 11.6 Å². The van der Waals surface area contributed by atoms with Crippen LogP contribution >= 0.6 is 0 Å². The maximum Gasteiger partial charge on any atom is 0.293 e. The average Bonchev–Trinajstić information content (AvgIpc) is 2.53. The monoisotopic (exact) mass is 284 g/mol. The highest BCUT2D eigenvalue weighted by molar-refractivity contribution is 5.81. The molecule has 0 saturated carbocycles. The van der Waals surface area contributed by atoms with Crippen LogP contribution in [0.25, 0.3) is 0 Å². The molecule has 0 N–H and O–H groups in total. The maximum atomic E-state index is 11.2. The number of rotatable bonds is 5. The zero-order chi connectivity index (χ0) is 15.4. The largest absolute Gasteiger partial charge is 0.339 e. The summed E-state index contributed by atoms with van der Waals surface area (Å²) in [5, 5.41) is 11.2. The van der Waals surface area contributed by atoms with Crippen LogP contribution in [-0.2, 0) is 6.42 Å². The first-order chi connectivity index (χ1) is 10.1. The summed E-state index contributed by atoms with van der Waals surface area (Å²) in [5.74, 6) is 0. The number of benzene rings is 2. The van der Waals surface area contributed by atoms with E-state index in [1.807, 2.05) is 24.3 Å². The van der Waals surface area contributed by atoms with E-state index in [1.54, 1.807) is 24.1 Å². The molecule has 0 aliphatic rings.